The average molecular weight is 419 g/mol. The van der Waals surface area contributed by atoms with E-state index in [1.165, 1.54) is 6.07 Å². The first kappa shape index (κ1) is 20.3. The quantitative estimate of drug-likeness (QED) is 0.513. The number of non-ortho nitro benzene ring substituents is 1. The Hall–Kier alpha value is -4.01. The van der Waals surface area contributed by atoms with E-state index in [2.05, 4.69) is 10.3 Å². The van der Waals surface area contributed by atoms with E-state index in [-0.39, 0.29) is 36.5 Å². The number of nitro benzene ring substituents is 1. The van der Waals surface area contributed by atoms with Crippen LogP contribution in [0.15, 0.2) is 54.7 Å². The fraction of sp³-hybridized carbons (Fsp3) is 0.227. The number of anilines is 3. The molecule has 3 aromatic rings. The largest absolute Gasteiger partial charge is 0.363 e. The van der Waals surface area contributed by atoms with Crippen LogP contribution in [-0.2, 0) is 9.59 Å². The SMILES string of the molecule is CC1CC(=O)Nc2ccccc2N1C(=O)CN(C)c1ccc([N+](=O)[O-])c2cccnc12. The topological polar surface area (TPSA) is 109 Å². The maximum Gasteiger partial charge on any atom is 0.278 e. The first-order valence-corrected chi connectivity index (χ1v) is 9.81. The Morgan fingerprint density at radius 2 is 2.03 bits per heavy atom. The lowest BCUT2D eigenvalue weighted by Gasteiger charge is -2.30. The number of rotatable bonds is 4. The lowest BCUT2D eigenvalue weighted by molar-refractivity contribution is -0.383. The third-order valence-corrected chi connectivity index (χ3v) is 5.33. The van der Waals surface area contributed by atoms with E-state index in [0.717, 1.165) is 0 Å². The summed E-state index contributed by atoms with van der Waals surface area (Å²) in [5, 5.41) is 14.6. The Kier molecular flexibility index (Phi) is 5.24. The van der Waals surface area contributed by atoms with Crippen LogP contribution in [0.25, 0.3) is 10.9 Å². The van der Waals surface area contributed by atoms with Crippen molar-refractivity contribution in [3.63, 3.8) is 0 Å². The van der Waals surface area contributed by atoms with Crippen molar-refractivity contribution in [2.45, 2.75) is 19.4 Å². The summed E-state index contributed by atoms with van der Waals surface area (Å²) in [7, 11) is 1.74. The maximum absolute atomic E-state index is 13.3. The number of nitro groups is 1. The Balaban J connectivity index is 1.67. The van der Waals surface area contributed by atoms with Crippen molar-refractivity contribution in [1.29, 1.82) is 0 Å². The van der Waals surface area contributed by atoms with Crippen molar-refractivity contribution in [1.82, 2.24) is 4.98 Å². The van der Waals surface area contributed by atoms with Gasteiger partial charge in [0.05, 0.1) is 33.9 Å². The smallest absolute Gasteiger partial charge is 0.278 e. The standard InChI is InChI=1S/C22H21N5O4/c1-14-12-20(28)24-16-7-3-4-8-18(16)26(14)21(29)13-25(2)19-10-9-17(27(30)31)15-6-5-11-23-22(15)19/h3-11,14H,12-13H2,1-2H3,(H,24,28). The molecule has 0 aliphatic carbocycles. The fourth-order valence-electron chi connectivity index (χ4n) is 3.94. The van der Waals surface area contributed by atoms with Crippen molar-refractivity contribution in [3.8, 4) is 0 Å². The van der Waals surface area contributed by atoms with Gasteiger partial charge < -0.3 is 15.1 Å². The first-order chi connectivity index (χ1) is 14.9. The van der Waals surface area contributed by atoms with E-state index in [4.69, 9.17) is 0 Å². The van der Waals surface area contributed by atoms with Crippen molar-refractivity contribution >= 4 is 45.5 Å². The van der Waals surface area contributed by atoms with E-state index in [0.29, 0.717) is 28.0 Å². The molecule has 0 bridgehead atoms. The third-order valence-electron chi connectivity index (χ3n) is 5.33. The highest BCUT2D eigenvalue weighted by atomic mass is 16.6. The van der Waals surface area contributed by atoms with Gasteiger partial charge in [0.1, 0.15) is 5.52 Å². The number of likely N-dealkylation sites (N-methyl/N-ethyl adjacent to an activating group) is 1. The Morgan fingerprint density at radius 3 is 2.81 bits per heavy atom. The Labute approximate surface area is 178 Å². The van der Waals surface area contributed by atoms with E-state index in [1.807, 2.05) is 13.0 Å². The number of para-hydroxylation sites is 2. The fourth-order valence-corrected chi connectivity index (χ4v) is 3.94. The molecule has 0 saturated heterocycles. The molecule has 0 fully saturated rings. The van der Waals surface area contributed by atoms with Crippen molar-refractivity contribution in [3.05, 3.63) is 64.8 Å². The number of hydrogen-bond donors (Lipinski definition) is 1. The van der Waals surface area contributed by atoms with Crippen LogP contribution in [0.2, 0.25) is 0 Å². The monoisotopic (exact) mass is 419 g/mol. The first-order valence-electron chi connectivity index (χ1n) is 9.81. The maximum atomic E-state index is 13.3. The molecular formula is C22H21N5O4. The Morgan fingerprint density at radius 1 is 1.26 bits per heavy atom. The molecule has 4 rings (SSSR count). The summed E-state index contributed by atoms with van der Waals surface area (Å²) < 4.78 is 0. The second-order valence-electron chi connectivity index (χ2n) is 7.50. The zero-order valence-electron chi connectivity index (χ0n) is 17.1. The molecule has 1 aromatic heterocycles. The number of amides is 2. The van der Waals surface area contributed by atoms with Crippen LogP contribution in [-0.4, -0.2) is 41.4 Å². The molecule has 1 aliphatic rings. The minimum Gasteiger partial charge on any atom is -0.363 e. The van der Waals surface area contributed by atoms with Crippen molar-refractivity contribution in [2.24, 2.45) is 0 Å². The number of carbonyl (C=O) groups excluding carboxylic acids is 2. The molecule has 2 aromatic carbocycles. The summed E-state index contributed by atoms with van der Waals surface area (Å²) in [6.07, 6.45) is 1.75. The van der Waals surface area contributed by atoms with E-state index < -0.39 is 4.92 Å². The van der Waals surface area contributed by atoms with Crippen LogP contribution < -0.4 is 15.1 Å². The number of pyridine rings is 1. The van der Waals surface area contributed by atoms with Gasteiger partial charge in [0, 0.05) is 31.8 Å². The van der Waals surface area contributed by atoms with Gasteiger partial charge >= 0.3 is 0 Å². The van der Waals surface area contributed by atoms with Crippen molar-refractivity contribution < 1.29 is 14.5 Å². The predicted octanol–water partition coefficient (Wildman–Crippen LogP) is 3.34. The Bertz CT molecular complexity index is 1200. The molecule has 0 spiro atoms. The highest BCUT2D eigenvalue weighted by Gasteiger charge is 2.30. The molecule has 31 heavy (non-hydrogen) atoms. The number of nitrogens with zero attached hydrogens (tertiary/aromatic N) is 4. The van der Waals surface area contributed by atoms with Gasteiger partial charge in [0.15, 0.2) is 0 Å². The molecule has 9 nitrogen and oxygen atoms in total. The zero-order chi connectivity index (χ0) is 22.1. The zero-order valence-corrected chi connectivity index (χ0v) is 17.1. The van der Waals surface area contributed by atoms with Crippen LogP contribution in [0.5, 0.6) is 0 Å². The molecule has 2 amide bonds. The van der Waals surface area contributed by atoms with Gasteiger partial charge in [-0.25, -0.2) is 0 Å². The summed E-state index contributed by atoms with van der Waals surface area (Å²) in [4.78, 5) is 44.1. The summed E-state index contributed by atoms with van der Waals surface area (Å²) in [6.45, 7) is 1.85. The minimum atomic E-state index is -0.446. The molecule has 2 heterocycles. The van der Waals surface area contributed by atoms with Gasteiger partial charge in [0.25, 0.3) is 5.69 Å². The lowest BCUT2D eigenvalue weighted by atomic mass is 10.1. The van der Waals surface area contributed by atoms with Gasteiger partial charge in [-0.1, -0.05) is 12.1 Å². The van der Waals surface area contributed by atoms with Crippen LogP contribution in [0.1, 0.15) is 13.3 Å². The molecule has 158 valence electrons. The summed E-state index contributed by atoms with van der Waals surface area (Å²) in [6, 6.07) is 13.2. The van der Waals surface area contributed by atoms with Gasteiger partial charge in [-0.2, -0.15) is 0 Å². The number of nitrogens with one attached hydrogen (secondary N) is 1. The molecule has 1 unspecified atom stereocenters. The molecule has 1 atom stereocenters. The number of aromatic nitrogens is 1. The van der Waals surface area contributed by atoms with E-state index >= 15 is 0 Å². The number of benzene rings is 2. The van der Waals surface area contributed by atoms with Crippen LogP contribution in [0, 0.1) is 10.1 Å². The molecule has 1 N–H and O–H groups in total. The molecule has 0 saturated carbocycles. The van der Waals surface area contributed by atoms with Crippen LogP contribution in [0.4, 0.5) is 22.7 Å². The highest BCUT2D eigenvalue weighted by Crippen LogP contribution is 2.33. The van der Waals surface area contributed by atoms with Gasteiger partial charge in [-0.15, -0.1) is 0 Å². The van der Waals surface area contributed by atoms with Crippen LogP contribution in [0.3, 0.4) is 0 Å². The van der Waals surface area contributed by atoms with Gasteiger partial charge in [0.2, 0.25) is 11.8 Å². The third kappa shape index (κ3) is 3.77. The lowest BCUT2D eigenvalue weighted by Crippen LogP contribution is -2.44. The molecule has 1 aliphatic heterocycles. The average Bonchev–Trinajstić information content (AvgIpc) is 2.86. The summed E-state index contributed by atoms with van der Waals surface area (Å²) >= 11 is 0. The molecular weight excluding hydrogens is 398 g/mol. The van der Waals surface area contributed by atoms with Gasteiger partial charge in [-0.05, 0) is 37.3 Å². The summed E-state index contributed by atoms with van der Waals surface area (Å²) in [5.41, 5.74) is 2.26. The van der Waals surface area contributed by atoms with E-state index in [1.54, 1.807) is 59.4 Å². The van der Waals surface area contributed by atoms with E-state index in [9.17, 15) is 19.7 Å². The number of fused-ring (bicyclic) bond motifs is 2. The second-order valence-corrected chi connectivity index (χ2v) is 7.50. The van der Waals surface area contributed by atoms with Crippen LogP contribution >= 0.6 is 0 Å². The highest BCUT2D eigenvalue weighted by molar-refractivity contribution is 6.06. The van der Waals surface area contributed by atoms with Gasteiger partial charge in [-0.3, -0.25) is 24.7 Å². The summed E-state index contributed by atoms with van der Waals surface area (Å²) in [5.74, 6) is -0.337. The predicted molar refractivity (Wildman–Crippen MR) is 118 cm³/mol. The second kappa shape index (κ2) is 8.02. The number of hydrogen-bond acceptors (Lipinski definition) is 6. The minimum absolute atomic E-state index is 0.0103. The molecule has 0 radical (unpaired) electrons. The number of carbonyl (C=O) groups is 2. The normalized spacial score (nSPS) is 15.7. The molecule has 9 heteroatoms. The van der Waals surface area contributed by atoms with Crippen molar-refractivity contribution in [2.75, 3.05) is 28.7 Å².